The van der Waals surface area contributed by atoms with Crippen molar-refractivity contribution in [3.05, 3.63) is 400 Å². The van der Waals surface area contributed by atoms with Crippen LogP contribution < -0.4 is 0 Å². The minimum Gasteiger partial charge on any atom is -0.309 e. The molecule has 0 unspecified atom stereocenters. The van der Waals surface area contributed by atoms with Crippen LogP contribution in [0.5, 0.6) is 0 Å². The molecule has 0 spiro atoms. The fourth-order valence-electron chi connectivity index (χ4n) is 20.7. The van der Waals surface area contributed by atoms with Crippen molar-refractivity contribution < 1.29 is 0 Å². The van der Waals surface area contributed by atoms with E-state index in [1.54, 1.807) is 0 Å². The van der Waals surface area contributed by atoms with Gasteiger partial charge in [0.1, 0.15) is 0 Å². The van der Waals surface area contributed by atoms with E-state index in [4.69, 9.17) is 0 Å². The van der Waals surface area contributed by atoms with Gasteiger partial charge in [0.2, 0.25) is 0 Å². The summed E-state index contributed by atoms with van der Waals surface area (Å²) in [4.78, 5) is 0. The number of rotatable bonds is 5. The van der Waals surface area contributed by atoms with E-state index in [-0.39, 0.29) is 0 Å². The molecule has 0 fully saturated rings. The highest BCUT2D eigenvalue weighted by atomic mass is 32.1. The average Bonchev–Trinajstić information content (AvgIpc) is 1.56. The van der Waals surface area contributed by atoms with Gasteiger partial charge in [0.25, 0.3) is 0 Å². The van der Waals surface area contributed by atoms with Gasteiger partial charge in [-0.15, -0.1) is 56.7 Å². The average molecular weight is 1650 g/mol. The van der Waals surface area contributed by atoms with Gasteiger partial charge in [-0.1, -0.05) is 279 Å². The summed E-state index contributed by atoms with van der Waals surface area (Å²) in [6, 6.07) is 148. The van der Waals surface area contributed by atoms with Crippen molar-refractivity contribution in [2.24, 2.45) is 0 Å². The van der Waals surface area contributed by atoms with E-state index in [1.807, 2.05) is 56.7 Å². The molecule has 0 saturated carbocycles. The third kappa shape index (κ3) is 10.3. The lowest BCUT2D eigenvalue weighted by molar-refractivity contribution is 1.17. The van der Waals surface area contributed by atoms with Crippen LogP contribution in [-0.2, 0) is 0 Å². The topological polar surface area (TPSA) is 19.7 Å². The molecule has 4 nitrogen and oxygen atoms in total. The number of fused-ring (bicyclic) bond motifs is 36. The standard InChI is InChI=1S/C40H24N2S.C40H23NS2.C34H19NS2/c1-2-10-25(11-3-1)41-34-15-7-5-13-28(34)33-24-26(18-22-36(33)41)42-35-16-8-4-12-27(35)30-20-19-29-31(40(30)42)21-23-38-39(29)32-14-6-9-17-37(32)43-38;1-4-13-34-27(8-1)30-21-20-29-31(22-23-37-38(29)33-10-3-6-15-36(33)42-37)39(30)41(34)25-18-16-24(17-19-25)26-11-7-12-32-28-9-2-5-14-35(28)43-40(26)32;1-4-12-27-20(8-1)23-17-16-22-24(18-19-31-32(22)26-10-3-6-15-30(26)36-31)33(23)35(27)28-13-7-11-25-21-9-2-5-14-29(21)37-34(25)28/h1-24H;1-23H;1-19H. The van der Waals surface area contributed by atoms with Crippen LogP contribution in [0.4, 0.5) is 0 Å². The Morgan fingerprint density at radius 1 is 0.154 bits per heavy atom. The fraction of sp³-hybridized carbons (Fsp3) is 0. The molecule has 0 bridgehead atoms. The number of hydrogen-bond acceptors (Lipinski definition) is 5. The second-order valence-electron chi connectivity index (χ2n) is 32.3. The number of benzene rings is 20. The molecule has 0 aliphatic carbocycles. The smallest absolute Gasteiger partial charge is 0.0641 e. The molecule has 0 aliphatic heterocycles. The first-order valence-corrected chi connectivity index (χ1v) is 45.9. The molecule has 20 aromatic carbocycles. The highest BCUT2D eigenvalue weighted by Crippen LogP contribution is 2.51. The van der Waals surface area contributed by atoms with E-state index < -0.39 is 0 Å². The molecule has 9 aromatic heterocycles. The van der Waals surface area contributed by atoms with Crippen molar-refractivity contribution in [2.45, 2.75) is 0 Å². The molecular weight excluding hydrogens is 1590 g/mol. The normalized spacial score (nSPS) is 12.2. The molecule has 123 heavy (non-hydrogen) atoms. The van der Waals surface area contributed by atoms with Gasteiger partial charge in [0.05, 0.1) is 54.5 Å². The lowest BCUT2D eigenvalue weighted by Crippen LogP contribution is -1.96. The molecule has 572 valence electrons. The zero-order chi connectivity index (χ0) is 80.2. The molecule has 0 aliphatic rings. The zero-order valence-corrected chi connectivity index (χ0v) is 70.0. The molecule has 0 atom stereocenters. The summed E-state index contributed by atoms with van der Waals surface area (Å²) in [5.74, 6) is 0. The van der Waals surface area contributed by atoms with Crippen molar-refractivity contribution in [2.75, 3.05) is 0 Å². The Balaban J connectivity index is 0.0000000970. The van der Waals surface area contributed by atoms with Gasteiger partial charge in [0.15, 0.2) is 0 Å². The van der Waals surface area contributed by atoms with E-state index >= 15 is 0 Å². The van der Waals surface area contributed by atoms with Crippen LogP contribution >= 0.6 is 56.7 Å². The molecule has 29 aromatic rings. The van der Waals surface area contributed by atoms with Gasteiger partial charge < -0.3 is 18.3 Å². The Morgan fingerprint density at radius 2 is 0.472 bits per heavy atom. The van der Waals surface area contributed by atoms with Crippen LogP contribution in [0.1, 0.15) is 0 Å². The maximum Gasteiger partial charge on any atom is 0.0641 e. The van der Waals surface area contributed by atoms with Crippen LogP contribution in [0.2, 0.25) is 0 Å². The summed E-state index contributed by atoms with van der Waals surface area (Å²) in [6.45, 7) is 0. The maximum atomic E-state index is 2.52. The van der Waals surface area contributed by atoms with Crippen molar-refractivity contribution >= 4 is 277 Å². The summed E-state index contributed by atoms with van der Waals surface area (Å²) in [5.41, 5.74) is 17.3. The van der Waals surface area contributed by atoms with E-state index in [1.165, 1.54) is 254 Å². The van der Waals surface area contributed by atoms with E-state index in [2.05, 4.69) is 419 Å². The second kappa shape index (κ2) is 27.0. The summed E-state index contributed by atoms with van der Waals surface area (Å²) < 4.78 is 23.3. The van der Waals surface area contributed by atoms with Gasteiger partial charge in [-0.25, -0.2) is 0 Å². The van der Waals surface area contributed by atoms with Gasteiger partial charge >= 0.3 is 0 Å². The van der Waals surface area contributed by atoms with E-state index in [9.17, 15) is 0 Å². The number of nitrogens with zero attached hydrogens (tertiary/aromatic N) is 4. The Bertz CT molecular complexity index is 9550. The summed E-state index contributed by atoms with van der Waals surface area (Å²) in [5, 5.41) is 31.6. The molecule has 9 heterocycles. The number of aromatic nitrogens is 4. The van der Waals surface area contributed by atoms with Crippen molar-refractivity contribution in [1.82, 2.24) is 18.3 Å². The highest BCUT2D eigenvalue weighted by molar-refractivity contribution is 7.28. The summed E-state index contributed by atoms with van der Waals surface area (Å²) in [7, 11) is 0. The largest absolute Gasteiger partial charge is 0.309 e. The van der Waals surface area contributed by atoms with Gasteiger partial charge in [-0.2, -0.15) is 0 Å². The molecule has 0 saturated heterocycles. The number of para-hydroxylation sites is 5. The van der Waals surface area contributed by atoms with Gasteiger partial charge in [0, 0.05) is 172 Å². The number of thiophene rings is 5. The molecule has 0 amide bonds. The summed E-state index contributed by atoms with van der Waals surface area (Å²) in [6.07, 6.45) is 0. The first-order valence-electron chi connectivity index (χ1n) is 41.8. The van der Waals surface area contributed by atoms with Crippen molar-refractivity contribution in [1.29, 1.82) is 0 Å². The molecule has 0 radical (unpaired) electrons. The zero-order valence-electron chi connectivity index (χ0n) is 65.9. The fourth-order valence-corrected chi connectivity index (χ4v) is 26.5. The van der Waals surface area contributed by atoms with Crippen LogP contribution in [0, 0.1) is 0 Å². The third-order valence-corrected chi connectivity index (χ3v) is 31.7. The molecular formula is C114H66N4S5. The molecule has 9 heteroatoms. The van der Waals surface area contributed by atoms with E-state index in [0.29, 0.717) is 0 Å². The van der Waals surface area contributed by atoms with Crippen molar-refractivity contribution in [3.63, 3.8) is 0 Å². The highest BCUT2D eigenvalue weighted by Gasteiger charge is 2.25. The third-order valence-electron chi connectivity index (χ3n) is 25.9. The quantitative estimate of drug-likeness (QED) is 0.164. The van der Waals surface area contributed by atoms with Gasteiger partial charge in [-0.3, -0.25) is 0 Å². The Hall–Kier alpha value is -14.5. The minimum atomic E-state index is 1.18. The van der Waals surface area contributed by atoms with Gasteiger partial charge in [-0.05, 0) is 149 Å². The van der Waals surface area contributed by atoms with Crippen LogP contribution in [0.25, 0.3) is 254 Å². The van der Waals surface area contributed by atoms with Crippen LogP contribution in [-0.4, -0.2) is 18.3 Å². The molecule has 0 N–H and O–H groups in total. The minimum absolute atomic E-state index is 1.18. The summed E-state index contributed by atoms with van der Waals surface area (Å²) >= 11 is 9.43. The SMILES string of the molecule is c1ccc(-n2c3ccccc3c3cc(-n4c5ccccc5c5ccc6c(ccc7sc8ccccc8c76)c54)ccc32)cc1.c1ccc2c(c1)sc1c(-c3ccc(-n4c5ccccc5c5ccc6c(ccc7sc8ccccc8c76)c54)cc3)cccc12.c1ccc2c(c1)sc1c(-n3c4ccccc4c4ccc5c(ccc6sc7ccccc7c65)c43)cccc12. The first kappa shape index (κ1) is 69.3. The van der Waals surface area contributed by atoms with E-state index in [0.717, 1.165) is 0 Å². The van der Waals surface area contributed by atoms with Crippen LogP contribution in [0.15, 0.2) is 400 Å². The predicted molar refractivity (Wildman–Crippen MR) is 539 cm³/mol. The first-order chi connectivity index (χ1) is 61.0. The van der Waals surface area contributed by atoms with Crippen molar-refractivity contribution in [3.8, 4) is 33.9 Å². The Labute approximate surface area is 723 Å². The second-order valence-corrected chi connectivity index (χ2v) is 37.7. The van der Waals surface area contributed by atoms with Crippen LogP contribution in [0.3, 0.4) is 0 Å². The Kier molecular flexibility index (Phi) is 15.2. The lowest BCUT2D eigenvalue weighted by atomic mass is 10.0. The Morgan fingerprint density at radius 3 is 0.959 bits per heavy atom. The monoisotopic (exact) mass is 1650 g/mol. The lowest BCUT2D eigenvalue weighted by Gasteiger charge is -2.12. The molecule has 29 rings (SSSR count). The maximum absolute atomic E-state index is 2.52. The number of hydrogen-bond donors (Lipinski definition) is 0. The predicted octanol–water partition coefficient (Wildman–Crippen LogP) is 34.4.